The number of benzene rings is 1. The lowest BCUT2D eigenvalue weighted by Crippen LogP contribution is -2.16. The van der Waals surface area contributed by atoms with Crippen molar-refractivity contribution in [2.75, 3.05) is 11.9 Å². The fraction of sp³-hybridized carbons (Fsp3) is 0.250. The summed E-state index contributed by atoms with van der Waals surface area (Å²) in [6, 6.07) is 7.21. The Bertz CT molecular complexity index is 736. The summed E-state index contributed by atoms with van der Waals surface area (Å²) in [5.41, 5.74) is 2.91. The van der Waals surface area contributed by atoms with Gasteiger partial charge >= 0.3 is 0 Å². The maximum Gasteiger partial charge on any atom is 0.258 e. The normalized spacial score (nSPS) is 9.90. The van der Waals surface area contributed by atoms with E-state index in [0.29, 0.717) is 16.9 Å². The summed E-state index contributed by atoms with van der Waals surface area (Å²) < 4.78 is 1.61. The largest absolute Gasteiger partial charge is 0.384 e. The Balaban J connectivity index is 2.32. The number of aliphatic hydroxyl groups is 1. The molecule has 0 fully saturated rings. The molecule has 21 heavy (non-hydrogen) atoms. The Morgan fingerprint density at radius 2 is 2.14 bits per heavy atom. The third-order valence-corrected chi connectivity index (χ3v) is 2.97. The highest BCUT2D eigenvalue weighted by Crippen LogP contribution is 2.14. The SMILES string of the molecule is Cc1ccc(C(=O)Nc2cc(C)nn2C)c(C#CCO)c1. The van der Waals surface area contributed by atoms with Gasteiger partial charge in [0.05, 0.1) is 11.3 Å². The van der Waals surface area contributed by atoms with E-state index in [0.717, 1.165) is 11.3 Å². The number of amides is 1. The molecule has 0 unspecified atom stereocenters. The molecule has 1 heterocycles. The van der Waals surface area contributed by atoms with Crippen molar-refractivity contribution in [1.29, 1.82) is 0 Å². The quantitative estimate of drug-likeness (QED) is 0.823. The van der Waals surface area contributed by atoms with Crippen molar-refractivity contribution >= 4 is 11.7 Å². The van der Waals surface area contributed by atoms with Gasteiger partial charge in [0.2, 0.25) is 0 Å². The number of carbonyl (C=O) groups excluding carboxylic acids is 1. The Morgan fingerprint density at radius 3 is 2.76 bits per heavy atom. The van der Waals surface area contributed by atoms with E-state index < -0.39 is 0 Å². The molecule has 1 amide bonds. The smallest absolute Gasteiger partial charge is 0.258 e. The Morgan fingerprint density at radius 1 is 1.38 bits per heavy atom. The zero-order valence-electron chi connectivity index (χ0n) is 12.3. The van der Waals surface area contributed by atoms with E-state index in [1.807, 2.05) is 26.0 Å². The van der Waals surface area contributed by atoms with E-state index >= 15 is 0 Å². The molecule has 0 saturated carbocycles. The van der Waals surface area contributed by atoms with Crippen molar-refractivity contribution in [2.24, 2.45) is 7.05 Å². The second-order valence-electron chi connectivity index (χ2n) is 4.76. The Labute approximate surface area is 123 Å². The second kappa shape index (κ2) is 6.25. The zero-order chi connectivity index (χ0) is 15.4. The molecule has 2 rings (SSSR count). The van der Waals surface area contributed by atoms with Crippen LogP contribution in [0.25, 0.3) is 0 Å². The van der Waals surface area contributed by atoms with Crippen LogP contribution in [0.1, 0.15) is 27.2 Å². The molecule has 0 aliphatic carbocycles. The molecule has 0 aliphatic rings. The van der Waals surface area contributed by atoms with E-state index in [-0.39, 0.29) is 12.5 Å². The second-order valence-corrected chi connectivity index (χ2v) is 4.76. The molecule has 0 saturated heterocycles. The number of anilines is 1. The molecule has 0 aliphatic heterocycles. The number of aromatic nitrogens is 2. The number of aryl methyl sites for hydroxylation is 3. The minimum atomic E-state index is -0.250. The van der Waals surface area contributed by atoms with E-state index in [1.165, 1.54) is 0 Å². The van der Waals surface area contributed by atoms with Gasteiger partial charge in [-0.15, -0.1) is 0 Å². The van der Waals surface area contributed by atoms with Crippen molar-refractivity contribution in [3.8, 4) is 11.8 Å². The number of hydrogen-bond donors (Lipinski definition) is 2. The number of aliphatic hydroxyl groups excluding tert-OH is 1. The molecular weight excluding hydrogens is 266 g/mol. The molecule has 5 heteroatoms. The van der Waals surface area contributed by atoms with Gasteiger partial charge in [-0.25, -0.2) is 0 Å². The molecule has 5 nitrogen and oxygen atoms in total. The lowest BCUT2D eigenvalue weighted by Gasteiger charge is -2.08. The summed E-state index contributed by atoms with van der Waals surface area (Å²) in [5, 5.41) is 15.8. The average molecular weight is 283 g/mol. The van der Waals surface area contributed by atoms with Gasteiger partial charge in [-0.05, 0) is 31.5 Å². The van der Waals surface area contributed by atoms with Crippen LogP contribution in [0, 0.1) is 25.7 Å². The van der Waals surface area contributed by atoms with Crippen LogP contribution in [0.5, 0.6) is 0 Å². The molecule has 2 N–H and O–H groups in total. The minimum absolute atomic E-state index is 0.240. The summed E-state index contributed by atoms with van der Waals surface area (Å²) in [6.45, 7) is 3.55. The number of rotatable bonds is 2. The highest BCUT2D eigenvalue weighted by molar-refractivity contribution is 6.05. The van der Waals surface area contributed by atoms with Gasteiger partial charge in [0, 0.05) is 18.7 Å². The van der Waals surface area contributed by atoms with Crippen LogP contribution in [0.4, 0.5) is 5.82 Å². The average Bonchev–Trinajstić information content (AvgIpc) is 2.74. The summed E-state index contributed by atoms with van der Waals surface area (Å²) in [4.78, 5) is 12.4. The van der Waals surface area contributed by atoms with Gasteiger partial charge in [0.15, 0.2) is 0 Å². The lowest BCUT2D eigenvalue weighted by atomic mass is 10.0. The molecule has 0 radical (unpaired) electrons. The number of hydrogen-bond acceptors (Lipinski definition) is 3. The molecule has 108 valence electrons. The van der Waals surface area contributed by atoms with Crippen molar-refractivity contribution in [3.05, 3.63) is 46.6 Å². The van der Waals surface area contributed by atoms with Gasteiger partial charge in [-0.3, -0.25) is 9.48 Å². The predicted molar refractivity (Wildman–Crippen MR) is 81.0 cm³/mol. The van der Waals surface area contributed by atoms with Crippen LogP contribution in [0.3, 0.4) is 0 Å². The number of nitrogens with one attached hydrogen (secondary N) is 1. The topological polar surface area (TPSA) is 67.2 Å². The van der Waals surface area contributed by atoms with E-state index in [4.69, 9.17) is 5.11 Å². The van der Waals surface area contributed by atoms with Crippen molar-refractivity contribution < 1.29 is 9.90 Å². The molecular formula is C16H17N3O2. The van der Waals surface area contributed by atoms with Crippen LogP contribution in [-0.2, 0) is 7.05 Å². The van der Waals surface area contributed by atoms with Crippen LogP contribution in [0.2, 0.25) is 0 Å². The Kier molecular flexibility index (Phi) is 4.41. The molecule has 0 spiro atoms. The maximum absolute atomic E-state index is 12.4. The first-order valence-corrected chi connectivity index (χ1v) is 6.53. The van der Waals surface area contributed by atoms with E-state index in [1.54, 1.807) is 23.9 Å². The summed E-state index contributed by atoms with van der Waals surface area (Å²) in [6.07, 6.45) is 0. The minimum Gasteiger partial charge on any atom is -0.384 e. The van der Waals surface area contributed by atoms with Gasteiger partial charge in [0.1, 0.15) is 12.4 Å². The van der Waals surface area contributed by atoms with Crippen molar-refractivity contribution in [3.63, 3.8) is 0 Å². The van der Waals surface area contributed by atoms with Crippen molar-refractivity contribution in [1.82, 2.24) is 9.78 Å². The summed E-state index contributed by atoms with van der Waals surface area (Å²) >= 11 is 0. The summed E-state index contributed by atoms with van der Waals surface area (Å²) in [5.74, 6) is 5.76. The van der Waals surface area contributed by atoms with Gasteiger partial charge in [-0.1, -0.05) is 17.9 Å². The van der Waals surface area contributed by atoms with Crippen LogP contribution in [0.15, 0.2) is 24.3 Å². The van der Waals surface area contributed by atoms with Gasteiger partial charge < -0.3 is 10.4 Å². The summed E-state index contributed by atoms with van der Waals surface area (Å²) in [7, 11) is 1.77. The first-order valence-electron chi connectivity index (χ1n) is 6.53. The van der Waals surface area contributed by atoms with Crippen molar-refractivity contribution in [2.45, 2.75) is 13.8 Å². The lowest BCUT2D eigenvalue weighted by molar-refractivity contribution is 0.102. The molecule has 0 atom stereocenters. The predicted octanol–water partition coefficient (Wildman–Crippen LogP) is 1.63. The highest BCUT2D eigenvalue weighted by Gasteiger charge is 2.13. The van der Waals surface area contributed by atoms with E-state index in [9.17, 15) is 4.79 Å². The maximum atomic E-state index is 12.4. The monoisotopic (exact) mass is 283 g/mol. The first kappa shape index (κ1) is 14.8. The number of nitrogens with zero attached hydrogens (tertiary/aromatic N) is 2. The van der Waals surface area contributed by atoms with Crippen LogP contribution >= 0.6 is 0 Å². The molecule has 2 aromatic rings. The zero-order valence-corrected chi connectivity index (χ0v) is 12.3. The van der Waals surface area contributed by atoms with Crippen LogP contribution < -0.4 is 5.32 Å². The molecule has 1 aromatic heterocycles. The Hall–Kier alpha value is -2.58. The number of carbonyl (C=O) groups is 1. The molecule has 1 aromatic carbocycles. The van der Waals surface area contributed by atoms with Gasteiger partial charge in [0.25, 0.3) is 5.91 Å². The fourth-order valence-electron chi connectivity index (χ4n) is 2.01. The first-order chi connectivity index (χ1) is 10.0. The van der Waals surface area contributed by atoms with Gasteiger partial charge in [-0.2, -0.15) is 5.10 Å². The third kappa shape index (κ3) is 3.50. The fourth-order valence-corrected chi connectivity index (χ4v) is 2.01. The van der Waals surface area contributed by atoms with E-state index in [2.05, 4.69) is 22.3 Å². The molecule has 0 bridgehead atoms. The highest BCUT2D eigenvalue weighted by atomic mass is 16.2. The third-order valence-electron chi connectivity index (χ3n) is 2.97. The standard InChI is InChI=1S/C16H17N3O2/c1-11-6-7-14(13(9-11)5-4-8-20)16(21)17-15-10-12(2)18-19(15)3/h6-7,9-10,20H,8H2,1-3H3,(H,17,21). The van der Waals surface area contributed by atoms with Crippen LogP contribution in [-0.4, -0.2) is 27.4 Å².